The predicted molar refractivity (Wildman–Crippen MR) is 80.6 cm³/mol. The van der Waals surface area contributed by atoms with Gasteiger partial charge >= 0.3 is 5.97 Å². The summed E-state index contributed by atoms with van der Waals surface area (Å²) in [6.45, 7) is 5.85. The molecule has 2 rings (SSSR count). The van der Waals surface area contributed by atoms with Crippen LogP contribution in [0, 0.1) is 5.92 Å². The molecule has 0 aromatic carbocycles. The Morgan fingerprint density at radius 3 is 2.65 bits per heavy atom. The lowest BCUT2D eigenvalue weighted by molar-refractivity contribution is -0.149. The maximum Gasteiger partial charge on any atom is 0.308 e. The lowest BCUT2D eigenvalue weighted by Crippen LogP contribution is -2.42. The molecule has 116 valence electrons. The average molecular weight is 282 g/mol. The monoisotopic (exact) mass is 282 g/mol. The summed E-state index contributed by atoms with van der Waals surface area (Å²) < 4.78 is 5.12. The Kier molecular flexibility index (Phi) is 6.30. The molecule has 1 heterocycles. The molecule has 1 aliphatic carbocycles. The summed E-state index contributed by atoms with van der Waals surface area (Å²) in [5.41, 5.74) is 0. The lowest BCUT2D eigenvalue weighted by Gasteiger charge is -2.31. The summed E-state index contributed by atoms with van der Waals surface area (Å²) in [5, 5.41) is 7.30. The van der Waals surface area contributed by atoms with Crippen LogP contribution in [0.5, 0.6) is 0 Å². The van der Waals surface area contributed by atoms with Gasteiger partial charge in [0.2, 0.25) is 0 Å². The Hall–Kier alpha value is -0.610. The largest absolute Gasteiger partial charge is 0.466 e. The molecule has 1 saturated carbocycles. The zero-order valence-corrected chi connectivity index (χ0v) is 13.0. The van der Waals surface area contributed by atoms with Crippen LogP contribution in [-0.4, -0.2) is 37.2 Å². The van der Waals surface area contributed by atoms with E-state index < -0.39 is 0 Å². The van der Waals surface area contributed by atoms with Crippen LogP contribution in [0.25, 0.3) is 0 Å². The molecule has 2 atom stereocenters. The molecule has 0 bridgehead atoms. The van der Waals surface area contributed by atoms with Crippen molar-refractivity contribution < 1.29 is 9.53 Å². The molecule has 4 heteroatoms. The fraction of sp³-hybridized carbons (Fsp3) is 0.938. The quantitative estimate of drug-likeness (QED) is 0.734. The van der Waals surface area contributed by atoms with Crippen molar-refractivity contribution in [1.29, 1.82) is 0 Å². The maximum absolute atomic E-state index is 11.7. The van der Waals surface area contributed by atoms with Gasteiger partial charge in [-0.15, -0.1) is 0 Å². The molecule has 20 heavy (non-hydrogen) atoms. The van der Waals surface area contributed by atoms with Crippen molar-refractivity contribution in [2.75, 3.05) is 13.2 Å². The van der Waals surface area contributed by atoms with E-state index in [4.69, 9.17) is 4.74 Å². The Labute approximate surface area is 123 Å². The Morgan fingerprint density at radius 2 is 2.05 bits per heavy atom. The van der Waals surface area contributed by atoms with E-state index in [0.717, 1.165) is 25.7 Å². The summed E-state index contributed by atoms with van der Waals surface area (Å²) in [5.74, 6) is 0.147. The highest BCUT2D eigenvalue weighted by Crippen LogP contribution is 2.26. The Bertz CT molecular complexity index is 295. The Morgan fingerprint density at radius 1 is 1.30 bits per heavy atom. The van der Waals surface area contributed by atoms with Gasteiger partial charge in [0.25, 0.3) is 0 Å². The zero-order chi connectivity index (χ0) is 14.4. The van der Waals surface area contributed by atoms with E-state index in [0.29, 0.717) is 24.7 Å². The van der Waals surface area contributed by atoms with Gasteiger partial charge in [0.1, 0.15) is 0 Å². The van der Waals surface area contributed by atoms with E-state index >= 15 is 0 Å². The number of nitrogens with one attached hydrogen (secondary N) is 2. The van der Waals surface area contributed by atoms with Crippen LogP contribution in [-0.2, 0) is 9.53 Å². The van der Waals surface area contributed by atoms with Crippen molar-refractivity contribution in [3.8, 4) is 0 Å². The first kappa shape index (κ1) is 15.8. The summed E-state index contributed by atoms with van der Waals surface area (Å²) in [7, 11) is 0. The van der Waals surface area contributed by atoms with E-state index in [1.54, 1.807) is 0 Å². The first-order valence-corrected chi connectivity index (χ1v) is 8.35. The number of rotatable bonds is 6. The molecule has 0 radical (unpaired) electrons. The topological polar surface area (TPSA) is 50.4 Å². The highest BCUT2D eigenvalue weighted by Gasteiger charge is 2.28. The second kappa shape index (κ2) is 7.99. The van der Waals surface area contributed by atoms with Gasteiger partial charge in [0.05, 0.1) is 12.5 Å². The minimum Gasteiger partial charge on any atom is -0.466 e. The van der Waals surface area contributed by atoms with Crippen LogP contribution in [0.2, 0.25) is 0 Å². The SMILES string of the molecule is CCOC(=O)C1CCC(NC(C)CC2CCCN2)CC1. The van der Waals surface area contributed by atoms with Gasteiger partial charge in [0.15, 0.2) is 0 Å². The van der Waals surface area contributed by atoms with Gasteiger partial charge in [-0.05, 0) is 65.3 Å². The molecule has 1 saturated heterocycles. The van der Waals surface area contributed by atoms with Crippen LogP contribution in [0.15, 0.2) is 0 Å². The van der Waals surface area contributed by atoms with Crippen molar-refractivity contribution in [3.63, 3.8) is 0 Å². The van der Waals surface area contributed by atoms with E-state index in [1.165, 1.54) is 25.8 Å². The fourth-order valence-corrected chi connectivity index (χ4v) is 3.61. The number of carbonyl (C=O) groups is 1. The highest BCUT2D eigenvalue weighted by atomic mass is 16.5. The first-order chi connectivity index (χ1) is 9.69. The lowest BCUT2D eigenvalue weighted by atomic mass is 9.85. The van der Waals surface area contributed by atoms with Gasteiger partial charge in [-0.2, -0.15) is 0 Å². The number of carbonyl (C=O) groups excluding carboxylic acids is 1. The fourth-order valence-electron chi connectivity index (χ4n) is 3.61. The van der Waals surface area contributed by atoms with Crippen molar-refractivity contribution in [3.05, 3.63) is 0 Å². The normalized spacial score (nSPS) is 32.0. The predicted octanol–water partition coefficient (Wildman–Crippen LogP) is 2.23. The molecular weight excluding hydrogens is 252 g/mol. The van der Waals surface area contributed by atoms with E-state index in [1.807, 2.05) is 6.92 Å². The molecule has 0 spiro atoms. The highest BCUT2D eigenvalue weighted by molar-refractivity contribution is 5.72. The van der Waals surface area contributed by atoms with E-state index in [-0.39, 0.29) is 11.9 Å². The van der Waals surface area contributed by atoms with Crippen LogP contribution < -0.4 is 10.6 Å². The Balaban J connectivity index is 1.64. The summed E-state index contributed by atoms with van der Waals surface area (Å²) in [4.78, 5) is 11.7. The summed E-state index contributed by atoms with van der Waals surface area (Å²) >= 11 is 0. The summed E-state index contributed by atoms with van der Waals surface area (Å²) in [6, 6.07) is 1.85. The molecule has 4 nitrogen and oxygen atoms in total. The molecule has 0 amide bonds. The number of hydrogen-bond donors (Lipinski definition) is 2. The first-order valence-electron chi connectivity index (χ1n) is 8.35. The standard InChI is InChI=1S/C16H30N2O2/c1-3-20-16(19)13-6-8-14(9-7-13)18-12(2)11-15-5-4-10-17-15/h12-15,17-18H,3-11H2,1-2H3. The third kappa shape index (κ3) is 4.74. The number of ether oxygens (including phenoxy) is 1. The van der Waals surface area contributed by atoms with Crippen molar-refractivity contribution in [2.45, 2.75) is 76.9 Å². The third-order valence-electron chi connectivity index (χ3n) is 4.67. The van der Waals surface area contributed by atoms with Crippen LogP contribution in [0.4, 0.5) is 0 Å². The van der Waals surface area contributed by atoms with E-state index in [2.05, 4.69) is 17.6 Å². The van der Waals surface area contributed by atoms with Gasteiger partial charge < -0.3 is 15.4 Å². The minimum atomic E-state index is 0.00848. The van der Waals surface area contributed by atoms with Crippen molar-refractivity contribution in [2.24, 2.45) is 5.92 Å². The molecular formula is C16H30N2O2. The third-order valence-corrected chi connectivity index (χ3v) is 4.67. The molecule has 0 aromatic heterocycles. The van der Waals surface area contributed by atoms with Crippen molar-refractivity contribution in [1.82, 2.24) is 10.6 Å². The maximum atomic E-state index is 11.7. The average Bonchev–Trinajstić information content (AvgIpc) is 2.92. The smallest absolute Gasteiger partial charge is 0.308 e. The van der Waals surface area contributed by atoms with Gasteiger partial charge in [-0.25, -0.2) is 0 Å². The van der Waals surface area contributed by atoms with Gasteiger partial charge in [-0.1, -0.05) is 0 Å². The van der Waals surface area contributed by atoms with Crippen LogP contribution in [0.3, 0.4) is 0 Å². The molecule has 1 aliphatic heterocycles. The number of esters is 1. The van der Waals surface area contributed by atoms with Gasteiger partial charge in [0, 0.05) is 18.1 Å². The molecule has 2 fully saturated rings. The molecule has 2 unspecified atom stereocenters. The minimum absolute atomic E-state index is 0.00848. The number of hydrogen-bond acceptors (Lipinski definition) is 4. The second-order valence-electron chi connectivity index (χ2n) is 6.40. The van der Waals surface area contributed by atoms with E-state index in [9.17, 15) is 4.79 Å². The van der Waals surface area contributed by atoms with Gasteiger partial charge in [-0.3, -0.25) is 4.79 Å². The van der Waals surface area contributed by atoms with Crippen LogP contribution >= 0.6 is 0 Å². The van der Waals surface area contributed by atoms with Crippen LogP contribution in [0.1, 0.15) is 58.8 Å². The molecule has 2 N–H and O–H groups in total. The zero-order valence-electron chi connectivity index (χ0n) is 13.0. The second-order valence-corrected chi connectivity index (χ2v) is 6.40. The molecule has 0 aromatic rings. The molecule has 2 aliphatic rings. The summed E-state index contributed by atoms with van der Waals surface area (Å²) in [6.07, 6.45) is 8.02. The van der Waals surface area contributed by atoms with Crippen molar-refractivity contribution >= 4 is 5.97 Å².